The first kappa shape index (κ1) is 12.8. The summed E-state index contributed by atoms with van der Waals surface area (Å²) in [6.45, 7) is 3.29. The lowest BCUT2D eigenvalue weighted by atomic mass is 10.4. The van der Waals surface area contributed by atoms with Gasteiger partial charge in [-0.1, -0.05) is 11.8 Å². The summed E-state index contributed by atoms with van der Waals surface area (Å²) in [4.78, 5) is 18.9. The maximum absolute atomic E-state index is 11.0. The van der Waals surface area contributed by atoms with Gasteiger partial charge in [0.05, 0.1) is 16.1 Å². The summed E-state index contributed by atoms with van der Waals surface area (Å²) in [6, 6.07) is 1.72. The van der Waals surface area contributed by atoms with Crippen LogP contribution in [0.25, 0.3) is 0 Å². The van der Waals surface area contributed by atoms with Crippen LogP contribution in [0.2, 0.25) is 5.28 Å². The van der Waals surface area contributed by atoms with Crippen molar-refractivity contribution in [3.8, 4) is 0 Å². The molecule has 0 N–H and O–H groups in total. The first-order valence-electron chi connectivity index (χ1n) is 4.89. The molecule has 6 nitrogen and oxygen atoms in total. The number of halogens is 1. The molecule has 0 unspecified atom stereocenters. The highest BCUT2D eigenvalue weighted by Crippen LogP contribution is 2.36. The fourth-order valence-corrected chi connectivity index (χ4v) is 2.61. The number of aryl methyl sites for hydroxylation is 2. The summed E-state index contributed by atoms with van der Waals surface area (Å²) in [5.41, 5.74) is 0.105. The Bertz CT molecular complexity index is 614. The van der Waals surface area contributed by atoms with E-state index < -0.39 is 4.92 Å². The van der Waals surface area contributed by atoms with E-state index in [1.165, 1.54) is 13.2 Å². The second kappa shape index (κ2) is 4.95. The third-order valence-electron chi connectivity index (χ3n) is 2.20. The van der Waals surface area contributed by atoms with E-state index in [4.69, 9.17) is 16.0 Å². The Balaban J connectivity index is 2.49. The number of nitrogens with zero attached hydrogens (tertiary/aromatic N) is 3. The van der Waals surface area contributed by atoms with Crippen LogP contribution in [0, 0.1) is 24.0 Å². The van der Waals surface area contributed by atoms with Gasteiger partial charge in [0.2, 0.25) is 5.28 Å². The summed E-state index contributed by atoms with van der Waals surface area (Å²) in [7, 11) is 0. The van der Waals surface area contributed by atoms with Crippen molar-refractivity contribution in [1.29, 1.82) is 0 Å². The van der Waals surface area contributed by atoms with Gasteiger partial charge in [0.15, 0.2) is 5.03 Å². The molecule has 0 bridgehead atoms. The zero-order valence-electron chi connectivity index (χ0n) is 9.51. The number of hydrogen-bond donors (Lipinski definition) is 0. The van der Waals surface area contributed by atoms with Crippen LogP contribution in [0.15, 0.2) is 26.7 Å². The minimum Gasteiger partial charge on any atom is -0.468 e. The molecule has 0 atom stereocenters. The fourth-order valence-electron chi connectivity index (χ4n) is 1.37. The van der Waals surface area contributed by atoms with Gasteiger partial charge < -0.3 is 4.42 Å². The van der Waals surface area contributed by atoms with Crippen molar-refractivity contribution in [2.75, 3.05) is 0 Å². The number of nitro groups is 1. The van der Waals surface area contributed by atoms with E-state index in [-0.39, 0.29) is 21.7 Å². The molecule has 0 fully saturated rings. The Morgan fingerprint density at radius 3 is 2.72 bits per heavy atom. The molecule has 0 radical (unpaired) electrons. The van der Waals surface area contributed by atoms with Crippen LogP contribution in [-0.2, 0) is 0 Å². The van der Waals surface area contributed by atoms with Crippen LogP contribution in [0.3, 0.4) is 0 Å². The standard InChI is InChI=1S/C10H8ClN3O3S/c1-5-8(14(15)16)9(13-10(11)12-5)18-7-3-4-17-6(7)2/h3-4H,1-2H3. The molecule has 0 aromatic carbocycles. The summed E-state index contributed by atoms with van der Waals surface area (Å²) >= 11 is 6.86. The predicted molar refractivity (Wildman–Crippen MR) is 66.0 cm³/mol. The van der Waals surface area contributed by atoms with Crippen LogP contribution < -0.4 is 0 Å². The van der Waals surface area contributed by atoms with Crippen molar-refractivity contribution in [3.05, 3.63) is 39.2 Å². The van der Waals surface area contributed by atoms with Gasteiger partial charge >= 0.3 is 5.69 Å². The monoisotopic (exact) mass is 285 g/mol. The van der Waals surface area contributed by atoms with Crippen LogP contribution in [-0.4, -0.2) is 14.9 Å². The Morgan fingerprint density at radius 2 is 2.17 bits per heavy atom. The molecular formula is C10H8ClN3O3S. The van der Waals surface area contributed by atoms with Crippen LogP contribution in [0.4, 0.5) is 5.69 Å². The summed E-state index contributed by atoms with van der Waals surface area (Å²) in [6.07, 6.45) is 1.51. The number of rotatable bonds is 3. The average molecular weight is 286 g/mol. The first-order valence-corrected chi connectivity index (χ1v) is 6.09. The fraction of sp³-hybridized carbons (Fsp3) is 0.200. The lowest BCUT2D eigenvalue weighted by Gasteiger charge is -2.03. The highest BCUT2D eigenvalue weighted by molar-refractivity contribution is 7.99. The minimum atomic E-state index is -0.511. The third kappa shape index (κ3) is 2.46. The molecule has 0 aliphatic heterocycles. The lowest BCUT2D eigenvalue weighted by molar-refractivity contribution is -0.389. The van der Waals surface area contributed by atoms with Crippen molar-refractivity contribution in [1.82, 2.24) is 9.97 Å². The lowest BCUT2D eigenvalue weighted by Crippen LogP contribution is -2.00. The highest BCUT2D eigenvalue weighted by Gasteiger charge is 2.23. The van der Waals surface area contributed by atoms with Crippen molar-refractivity contribution in [3.63, 3.8) is 0 Å². The van der Waals surface area contributed by atoms with Crippen molar-refractivity contribution in [2.45, 2.75) is 23.8 Å². The van der Waals surface area contributed by atoms with E-state index in [1.807, 2.05) is 0 Å². The van der Waals surface area contributed by atoms with Gasteiger partial charge in [-0.15, -0.1) is 0 Å². The zero-order valence-corrected chi connectivity index (χ0v) is 11.1. The van der Waals surface area contributed by atoms with Gasteiger partial charge in [0.25, 0.3) is 0 Å². The summed E-state index contributed by atoms with van der Waals surface area (Å²) in [5.74, 6) is 0.668. The SMILES string of the molecule is Cc1nc(Cl)nc(Sc2ccoc2C)c1[N+](=O)[O-]. The molecule has 8 heteroatoms. The Hall–Kier alpha value is -1.60. The van der Waals surface area contributed by atoms with Crippen molar-refractivity contribution < 1.29 is 9.34 Å². The van der Waals surface area contributed by atoms with Crippen molar-refractivity contribution >= 4 is 29.1 Å². The molecule has 0 amide bonds. The van der Waals surface area contributed by atoms with E-state index in [0.29, 0.717) is 5.76 Å². The van der Waals surface area contributed by atoms with Crippen LogP contribution in [0.5, 0.6) is 0 Å². The van der Waals surface area contributed by atoms with Gasteiger partial charge in [-0.05, 0) is 31.5 Å². The van der Waals surface area contributed by atoms with E-state index >= 15 is 0 Å². The third-order valence-corrected chi connectivity index (χ3v) is 3.49. The molecule has 0 spiro atoms. The average Bonchev–Trinajstić information content (AvgIpc) is 2.62. The van der Waals surface area contributed by atoms with E-state index in [0.717, 1.165) is 16.7 Å². The summed E-state index contributed by atoms with van der Waals surface area (Å²) < 4.78 is 5.13. The summed E-state index contributed by atoms with van der Waals surface area (Å²) in [5, 5.41) is 11.2. The molecule has 2 aromatic rings. The normalized spacial score (nSPS) is 10.6. The van der Waals surface area contributed by atoms with Gasteiger partial charge in [-0.2, -0.15) is 0 Å². The maximum Gasteiger partial charge on any atom is 0.322 e. The molecular weight excluding hydrogens is 278 g/mol. The van der Waals surface area contributed by atoms with Gasteiger partial charge in [0, 0.05) is 0 Å². The quantitative estimate of drug-likeness (QED) is 0.372. The largest absolute Gasteiger partial charge is 0.468 e. The zero-order chi connectivity index (χ0) is 13.3. The number of hydrogen-bond acceptors (Lipinski definition) is 6. The minimum absolute atomic E-state index is 0.0123. The van der Waals surface area contributed by atoms with Gasteiger partial charge in [-0.3, -0.25) is 10.1 Å². The van der Waals surface area contributed by atoms with Gasteiger partial charge in [0.1, 0.15) is 11.5 Å². The Morgan fingerprint density at radius 1 is 1.44 bits per heavy atom. The van der Waals surface area contributed by atoms with Crippen molar-refractivity contribution in [2.24, 2.45) is 0 Å². The number of furan rings is 1. The Labute approximate surface area is 112 Å². The second-order valence-electron chi connectivity index (χ2n) is 3.43. The highest BCUT2D eigenvalue weighted by atomic mass is 35.5. The smallest absolute Gasteiger partial charge is 0.322 e. The molecule has 0 aliphatic carbocycles. The molecule has 18 heavy (non-hydrogen) atoms. The number of aromatic nitrogens is 2. The molecule has 2 heterocycles. The van der Waals surface area contributed by atoms with E-state index in [1.54, 1.807) is 13.0 Å². The van der Waals surface area contributed by atoms with E-state index in [2.05, 4.69) is 9.97 Å². The second-order valence-corrected chi connectivity index (χ2v) is 4.80. The molecule has 2 aromatic heterocycles. The molecule has 0 aliphatic rings. The Kier molecular flexibility index (Phi) is 3.53. The predicted octanol–water partition coefficient (Wildman–Crippen LogP) is 3.40. The van der Waals surface area contributed by atoms with Crippen LogP contribution >= 0.6 is 23.4 Å². The van der Waals surface area contributed by atoms with Crippen LogP contribution in [0.1, 0.15) is 11.5 Å². The molecule has 0 saturated carbocycles. The van der Waals surface area contributed by atoms with Gasteiger partial charge in [-0.25, -0.2) is 9.97 Å². The first-order chi connectivity index (χ1) is 8.49. The van der Waals surface area contributed by atoms with E-state index in [9.17, 15) is 10.1 Å². The molecule has 0 saturated heterocycles. The molecule has 2 rings (SSSR count). The maximum atomic E-state index is 11.0. The topological polar surface area (TPSA) is 82.1 Å². The molecule has 94 valence electrons.